The van der Waals surface area contributed by atoms with Crippen LogP contribution in [0.25, 0.3) is 0 Å². The fourth-order valence-corrected chi connectivity index (χ4v) is 2.63. The smallest absolute Gasteiger partial charge is 0.228 e. The van der Waals surface area contributed by atoms with Gasteiger partial charge in [-0.2, -0.15) is 0 Å². The van der Waals surface area contributed by atoms with Crippen LogP contribution in [0.2, 0.25) is 0 Å². The second-order valence-electron chi connectivity index (χ2n) is 5.98. The van der Waals surface area contributed by atoms with Crippen LogP contribution in [0.5, 0.6) is 0 Å². The van der Waals surface area contributed by atoms with E-state index in [-0.39, 0.29) is 29.4 Å². The zero-order chi connectivity index (χ0) is 12.6. The molecule has 4 heteroatoms. The number of carbonyl (C=O) groups is 1. The van der Waals surface area contributed by atoms with Crippen molar-refractivity contribution in [3.63, 3.8) is 0 Å². The van der Waals surface area contributed by atoms with Gasteiger partial charge in [0.25, 0.3) is 0 Å². The number of nitrogens with two attached hydrogens (primary N) is 1. The van der Waals surface area contributed by atoms with Crippen molar-refractivity contribution in [2.24, 2.45) is 17.1 Å². The van der Waals surface area contributed by atoms with Crippen molar-refractivity contribution in [3.8, 4) is 0 Å². The number of amides is 1. The maximum absolute atomic E-state index is 12.2. The molecule has 1 aliphatic carbocycles. The minimum absolute atomic E-state index is 0.0317. The Morgan fingerprint density at radius 3 is 2.82 bits per heavy atom. The summed E-state index contributed by atoms with van der Waals surface area (Å²) in [5.41, 5.74) is 6.11. The second-order valence-corrected chi connectivity index (χ2v) is 5.98. The van der Waals surface area contributed by atoms with Crippen LogP contribution in [-0.4, -0.2) is 42.6 Å². The third-order valence-electron chi connectivity index (χ3n) is 4.05. The molecule has 0 aromatic heterocycles. The van der Waals surface area contributed by atoms with Crippen LogP contribution < -0.4 is 5.73 Å². The molecule has 1 aliphatic heterocycles. The number of rotatable bonds is 3. The molecule has 0 aromatic rings. The molecule has 1 heterocycles. The summed E-state index contributed by atoms with van der Waals surface area (Å²) in [5, 5.41) is 0. The molecule has 2 fully saturated rings. The van der Waals surface area contributed by atoms with Gasteiger partial charge in [-0.25, -0.2) is 0 Å². The molecule has 0 bridgehead atoms. The van der Waals surface area contributed by atoms with Crippen molar-refractivity contribution in [1.82, 2.24) is 4.90 Å². The van der Waals surface area contributed by atoms with E-state index in [0.717, 1.165) is 25.9 Å². The van der Waals surface area contributed by atoms with E-state index in [1.807, 2.05) is 11.8 Å². The van der Waals surface area contributed by atoms with Crippen molar-refractivity contribution in [2.45, 2.75) is 45.8 Å². The van der Waals surface area contributed by atoms with E-state index in [1.54, 1.807) is 0 Å². The van der Waals surface area contributed by atoms with Crippen molar-refractivity contribution < 1.29 is 9.53 Å². The van der Waals surface area contributed by atoms with E-state index in [1.165, 1.54) is 0 Å². The van der Waals surface area contributed by atoms with Crippen LogP contribution in [-0.2, 0) is 9.53 Å². The fourth-order valence-electron chi connectivity index (χ4n) is 2.63. The second kappa shape index (κ2) is 4.58. The van der Waals surface area contributed by atoms with Gasteiger partial charge >= 0.3 is 0 Å². The van der Waals surface area contributed by atoms with Gasteiger partial charge in [0.2, 0.25) is 5.91 Å². The minimum atomic E-state index is 0.0317. The van der Waals surface area contributed by atoms with Crippen molar-refractivity contribution in [3.05, 3.63) is 0 Å². The van der Waals surface area contributed by atoms with Gasteiger partial charge in [-0.1, -0.05) is 13.8 Å². The molecule has 1 saturated carbocycles. The van der Waals surface area contributed by atoms with Gasteiger partial charge < -0.3 is 15.4 Å². The molecule has 0 spiro atoms. The lowest BCUT2D eigenvalue weighted by atomic mass is 9.79. The summed E-state index contributed by atoms with van der Waals surface area (Å²) in [6.45, 7) is 8.54. The molecular formula is C13H24N2O2. The lowest BCUT2D eigenvalue weighted by molar-refractivity contribution is -0.137. The lowest BCUT2D eigenvalue weighted by Crippen LogP contribution is -2.54. The molecule has 4 nitrogen and oxygen atoms in total. The normalized spacial score (nSPS) is 35.8. The van der Waals surface area contributed by atoms with E-state index in [9.17, 15) is 4.79 Å². The summed E-state index contributed by atoms with van der Waals surface area (Å²) in [5.74, 6) is 0.378. The van der Waals surface area contributed by atoms with Crippen LogP contribution in [0, 0.1) is 11.3 Å². The molecule has 2 N–H and O–H groups in total. The van der Waals surface area contributed by atoms with E-state index in [0.29, 0.717) is 6.61 Å². The maximum Gasteiger partial charge on any atom is 0.228 e. The molecule has 3 atom stereocenters. The molecule has 3 unspecified atom stereocenters. The number of ether oxygens (including phenoxy) is 1. The summed E-state index contributed by atoms with van der Waals surface area (Å²) in [6.07, 6.45) is 1.98. The minimum Gasteiger partial charge on any atom is -0.378 e. The first-order chi connectivity index (χ1) is 7.95. The van der Waals surface area contributed by atoms with Gasteiger partial charge in [0.1, 0.15) is 0 Å². The van der Waals surface area contributed by atoms with Gasteiger partial charge in [0.15, 0.2) is 0 Å². The standard InChI is InChI=1S/C13H24N2O2/c1-4-17-10-7-9(10)12(16)15-6-5-11(14)13(2,3)8-15/h9-11H,4-8,14H2,1-3H3. The Labute approximate surface area is 103 Å². The van der Waals surface area contributed by atoms with E-state index in [2.05, 4.69) is 13.8 Å². The van der Waals surface area contributed by atoms with Gasteiger partial charge in [0.05, 0.1) is 12.0 Å². The molecule has 1 amide bonds. The highest BCUT2D eigenvalue weighted by Gasteiger charge is 2.47. The van der Waals surface area contributed by atoms with E-state index < -0.39 is 0 Å². The number of hydrogen-bond acceptors (Lipinski definition) is 3. The average molecular weight is 240 g/mol. The Balaban J connectivity index is 1.89. The first-order valence-electron chi connectivity index (χ1n) is 6.61. The molecule has 98 valence electrons. The summed E-state index contributed by atoms with van der Waals surface area (Å²) >= 11 is 0. The van der Waals surface area contributed by atoms with Crippen LogP contribution in [0.1, 0.15) is 33.6 Å². The molecule has 2 aliphatic rings. The summed E-state index contributed by atoms with van der Waals surface area (Å²) in [7, 11) is 0. The summed E-state index contributed by atoms with van der Waals surface area (Å²) in [6, 6.07) is 0.202. The Hall–Kier alpha value is -0.610. The quantitative estimate of drug-likeness (QED) is 0.800. The van der Waals surface area contributed by atoms with Crippen molar-refractivity contribution >= 4 is 5.91 Å². The van der Waals surface area contributed by atoms with E-state index >= 15 is 0 Å². The number of carbonyl (C=O) groups excluding carboxylic acids is 1. The molecule has 0 radical (unpaired) electrons. The largest absolute Gasteiger partial charge is 0.378 e. The van der Waals surface area contributed by atoms with E-state index in [4.69, 9.17) is 10.5 Å². The first-order valence-corrected chi connectivity index (χ1v) is 6.61. The molecule has 2 rings (SSSR count). The van der Waals surface area contributed by atoms with Crippen molar-refractivity contribution in [2.75, 3.05) is 19.7 Å². The lowest BCUT2D eigenvalue weighted by Gasteiger charge is -2.42. The average Bonchev–Trinajstić information content (AvgIpc) is 3.01. The van der Waals surface area contributed by atoms with Crippen LogP contribution >= 0.6 is 0 Å². The monoisotopic (exact) mass is 240 g/mol. The Bertz CT molecular complexity index is 304. The van der Waals surface area contributed by atoms with Crippen LogP contribution in [0.4, 0.5) is 0 Å². The van der Waals surface area contributed by atoms with Gasteiger partial charge in [-0.3, -0.25) is 4.79 Å². The predicted molar refractivity (Wildman–Crippen MR) is 66.5 cm³/mol. The molecule has 17 heavy (non-hydrogen) atoms. The Morgan fingerprint density at radius 2 is 2.24 bits per heavy atom. The van der Waals surface area contributed by atoms with Crippen LogP contribution in [0.3, 0.4) is 0 Å². The highest BCUT2D eigenvalue weighted by molar-refractivity contribution is 5.82. The van der Waals surface area contributed by atoms with Gasteiger partial charge in [-0.15, -0.1) is 0 Å². The molecular weight excluding hydrogens is 216 g/mol. The maximum atomic E-state index is 12.2. The number of likely N-dealkylation sites (tertiary alicyclic amines) is 1. The summed E-state index contributed by atoms with van der Waals surface area (Å²) < 4.78 is 5.48. The van der Waals surface area contributed by atoms with Gasteiger partial charge in [0, 0.05) is 25.7 Å². The Morgan fingerprint density at radius 1 is 1.53 bits per heavy atom. The number of piperidine rings is 1. The van der Waals surface area contributed by atoms with Crippen molar-refractivity contribution in [1.29, 1.82) is 0 Å². The highest BCUT2D eigenvalue weighted by Crippen LogP contribution is 2.37. The number of nitrogens with zero attached hydrogens (tertiary/aromatic N) is 1. The zero-order valence-electron chi connectivity index (χ0n) is 11.1. The fraction of sp³-hybridized carbons (Fsp3) is 0.923. The van der Waals surface area contributed by atoms with Crippen LogP contribution in [0.15, 0.2) is 0 Å². The Kier molecular flexibility index (Phi) is 3.46. The molecule has 0 aromatic carbocycles. The third-order valence-corrected chi connectivity index (χ3v) is 4.05. The zero-order valence-corrected chi connectivity index (χ0v) is 11.1. The highest BCUT2D eigenvalue weighted by atomic mass is 16.5. The first kappa shape index (κ1) is 12.8. The summed E-state index contributed by atoms with van der Waals surface area (Å²) in [4.78, 5) is 14.2. The SMILES string of the molecule is CCOC1CC1C(=O)N1CCC(N)C(C)(C)C1. The predicted octanol–water partition coefficient (Wildman–Crippen LogP) is 0.997. The number of hydrogen-bond donors (Lipinski definition) is 1. The topological polar surface area (TPSA) is 55.6 Å². The van der Waals surface area contributed by atoms with Gasteiger partial charge in [-0.05, 0) is 25.2 Å². The third kappa shape index (κ3) is 2.63. The molecule has 1 saturated heterocycles.